The normalized spacial score (nSPS) is 15.8. The Morgan fingerprint density at radius 2 is 1.93 bits per heavy atom. The molecule has 6 nitrogen and oxygen atoms in total. The Labute approximate surface area is 161 Å². The summed E-state index contributed by atoms with van der Waals surface area (Å²) in [5.41, 5.74) is 2.22. The fraction of sp³-hybridized carbons (Fsp3) is 0.524. The molecule has 146 valence electrons. The molecule has 2 aromatic rings. The van der Waals surface area contributed by atoms with Gasteiger partial charge in [-0.15, -0.1) is 0 Å². The van der Waals surface area contributed by atoms with Crippen LogP contribution in [-0.4, -0.2) is 67.0 Å². The molecule has 1 aromatic heterocycles. The first-order valence-corrected chi connectivity index (χ1v) is 9.79. The fourth-order valence-electron chi connectivity index (χ4n) is 3.19. The number of carbonyl (C=O) groups excluding carboxylic acids is 1. The molecule has 2 heterocycles. The van der Waals surface area contributed by atoms with E-state index in [1.165, 1.54) is 5.56 Å². The first kappa shape index (κ1) is 19.6. The highest BCUT2D eigenvalue weighted by Crippen LogP contribution is 2.21. The third kappa shape index (κ3) is 6.19. The predicted octanol–water partition coefficient (Wildman–Crippen LogP) is 2.34. The van der Waals surface area contributed by atoms with Gasteiger partial charge in [-0.3, -0.25) is 4.79 Å². The molecule has 3 rings (SSSR count). The van der Waals surface area contributed by atoms with E-state index in [0.29, 0.717) is 18.7 Å². The maximum Gasteiger partial charge on any atom is 0.220 e. The number of hydrogen-bond donors (Lipinski definition) is 1. The SMILES string of the molecule is Cc1ccc(-c2cnc(CCC(=O)NCCCN3CCN(C)CC3)o2)cc1. The van der Waals surface area contributed by atoms with Crippen molar-refractivity contribution in [2.45, 2.75) is 26.2 Å². The maximum atomic E-state index is 12.0. The molecule has 1 N–H and O–H groups in total. The summed E-state index contributed by atoms with van der Waals surface area (Å²) in [5, 5.41) is 3.00. The highest BCUT2D eigenvalue weighted by molar-refractivity contribution is 5.76. The number of carbonyl (C=O) groups is 1. The maximum absolute atomic E-state index is 12.0. The molecule has 1 fully saturated rings. The van der Waals surface area contributed by atoms with Crippen LogP contribution in [0.5, 0.6) is 0 Å². The second kappa shape index (κ2) is 9.67. The average molecular weight is 370 g/mol. The Bertz CT molecular complexity index is 718. The zero-order chi connectivity index (χ0) is 19.1. The molecule has 1 aromatic carbocycles. The summed E-state index contributed by atoms with van der Waals surface area (Å²) in [7, 11) is 2.16. The first-order valence-electron chi connectivity index (χ1n) is 9.79. The Morgan fingerprint density at radius 1 is 1.19 bits per heavy atom. The third-order valence-corrected chi connectivity index (χ3v) is 5.02. The summed E-state index contributed by atoms with van der Waals surface area (Å²) in [6.45, 7) is 8.34. The zero-order valence-electron chi connectivity index (χ0n) is 16.4. The van der Waals surface area contributed by atoms with Crippen LogP contribution in [0, 0.1) is 6.92 Å². The lowest BCUT2D eigenvalue weighted by Gasteiger charge is -2.32. The summed E-state index contributed by atoms with van der Waals surface area (Å²) in [4.78, 5) is 21.1. The topological polar surface area (TPSA) is 61.6 Å². The minimum absolute atomic E-state index is 0.0588. The molecule has 1 amide bonds. The van der Waals surface area contributed by atoms with E-state index < -0.39 is 0 Å². The summed E-state index contributed by atoms with van der Waals surface area (Å²) in [6, 6.07) is 8.14. The molecule has 0 radical (unpaired) electrons. The molecule has 1 aliphatic heterocycles. The van der Waals surface area contributed by atoms with Crippen LogP contribution in [0.25, 0.3) is 11.3 Å². The van der Waals surface area contributed by atoms with Gasteiger partial charge in [0.1, 0.15) is 0 Å². The van der Waals surface area contributed by atoms with E-state index in [4.69, 9.17) is 4.42 Å². The van der Waals surface area contributed by atoms with Gasteiger partial charge in [0.25, 0.3) is 0 Å². The molecule has 0 bridgehead atoms. The lowest BCUT2D eigenvalue weighted by molar-refractivity contribution is -0.121. The molecular formula is C21H30N4O2. The summed E-state index contributed by atoms with van der Waals surface area (Å²) in [5.74, 6) is 1.42. The van der Waals surface area contributed by atoms with Gasteiger partial charge in [0.15, 0.2) is 11.7 Å². The number of hydrogen-bond acceptors (Lipinski definition) is 5. The first-order chi connectivity index (χ1) is 13.1. The molecule has 0 atom stereocenters. The van der Waals surface area contributed by atoms with Gasteiger partial charge in [0.2, 0.25) is 5.91 Å². The average Bonchev–Trinajstić information content (AvgIpc) is 3.14. The van der Waals surface area contributed by atoms with E-state index >= 15 is 0 Å². The smallest absolute Gasteiger partial charge is 0.220 e. The Kier molecular flexibility index (Phi) is 7.01. The number of oxazole rings is 1. The number of nitrogens with zero attached hydrogens (tertiary/aromatic N) is 3. The Balaban J connectivity index is 1.33. The lowest BCUT2D eigenvalue weighted by atomic mass is 10.1. The van der Waals surface area contributed by atoms with E-state index in [9.17, 15) is 4.79 Å². The number of aromatic nitrogens is 1. The minimum Gasteiger partial charge on any atom is -0.441 e. The van der Waals surface area contributed by atoms with Gasteiger partial charge in [-0.25, -0.2) is 4.98 Å². The molecule has 0 aliphatic carbocycles. The molecule has 1 aliphatic rings. The largest absolute Gasteiger partial charge is 0.441 e. The molecule has 0 unspecified atom stereocenters. The van der Waals surface area contributed by atoms with Crippen molar-refractivity contribution in [1.29, 1.82) is 0 Å². The molecule has 0 spiro atoms. The van der Waals surface area contributed by atoms with Crippen molar-refractivity contribution in [3.8, 4) is 11.3 Å². The third-order valence-electron chi connectivity index (χ3n) is 5.02. The number of nitrogens with one attached hydrogen (secondary N) is 1. The number of benzene rings is 1. The van der Waals surface area contributed by atoms with Crippen molar-refractivity contribution in [1.82, 2.24) is 20.1 Å². The molecule has 1 saturated heterocycles. The van der Waals surface area contributed by atoms with Gasteiger partial charge in [-0.2, -0.15) is 0 Å². The summed E-state index contributed by atoms with van der Waals surface area (Å²) in [6.07, 6.45) is 3.65. The highest BCUT2D eigenvalue weighted by atomic mass is 16.4. The van der Waals surface area contributed by atoms with Crippen LogP contribution in [0.4, 0.5) is 0 Å². The van der Waals surface area contributed by atoms with Gasteiger partial charge in [0, 0.05) is 51.1 Å². The minimum atomic E-state index is 0.0588. The van der Waals surface area contributed by atoms with Crippen molar-refractivity contribution in [2.24, 2.45) is 0 Å². The Morgan fingerprint density at radius 3 is 2.67 bits per heavy atom. The van der Waals surface area contributed by atoms with E-state index in [1.807, 2.05) is 24.3 Å². The van der Waals surface area contributed by atoms with Crippen LogP contribution in [0.1, 0.15) is 24.3 Å². The van der Waals surface area contributed by atoms with Crippen LogP contribution in [0.15, 0.2) is 34.9 Å². The van der Waals surface area contributed by atoms with E-state index in [1.54, 1.807) is 6.20 Å². The summed E-state index contributed by atoms with van der Waals surface area (Å²) >= 11 is 0. The second-order valence-corrected chi connectivity index (χ2v) is 7.33. The standard InChI is InChI=1S/C21H30N4O2/c1-17-4-6-18(7-5-17)19-16-23-21(27-19)9-8-20(26)22-10-3-11-25-14-12-24(2)13-15-25/h4-7,16H,3,8-15H2,1-2H3,(H,22,26). The van der Waals surface area contributed by atoms with Crippen LogP contribution in [0.3, 0.4) is 0 Å². The van der Waals surface area contributed by atoms with Crippen molar-refractivity contribution in [2.75, 3.05) is 46.3 Å². The van der Waals surface area contributed by atoms with Crippen LogP contribution >= 0.6 is 0 Å². The zero-order valence-corrected chi connectivity index (χ0v) is 16.4. The van der Waals surface area contributed by atoms with Gasteiger partial charge < -0.3 is 19.5 Å². The van der Waals surface area contributed by atoms with Crippen molar-refractivity contribution in [3.63, 3.8) is 0 Å². The number of aryl methyl sites for hydroxylation is 2. The van der Waals surface area contributed by atoms with Crippen LogP contribution in [-0.2, 0) is 11.2 Å². The number of rotatable bonds is 8. The fourth-order valence-corrected chi connectivity index (χ4v) is 3.19. The lowest BCUT2D eigenvalue weighted by Crippen LogP contribution is -2.45. The van der Waals surface area contributed by atoms with E-state index in [0.717, 1.165) is 57.0 Å². The van der Waals surface area contributed by atoms with Crippen molar-refractivity contribution >= 4 is 5.91 Å². The van der Waals surface area contributed by atoms with Gasteiger partial charge in [-0.05, 0) is 26.9 Å². The van der Waals surface area contributed by atoms with Gasteiger partial charge in [0.05, 0.1) is 6.20 Å². The number of piperazine rings is 1. The van der Waals surface area contributed by atoms with Gasteiger partial charge >= 0.3 is 0 Å². The number of amides is 1. The summed E-state index contributed by atoms with van der Waals surface area (Å²) < 4.78 is 5.77. The Hall–Kier alpha value is -2.18. The molecule has 0 saturated carbocycles. The van der Waals surface area contributed by atoms with E-state index in [2.05, 4.69) is 34.1 Å². The van der Waals surface area contributed by atoms with Gasteiger partial charge in [-0.1, -0.05) is 29.8 Å². The van der Waals surface area contributed by atoms with Crippen molar-refractivity contribution in [3.05, 3.63) is 41.9 Å². The number of likely N-dealkylation sites (N-methyl/N-ethyl adjacent to an activating group) is 1. The van der Waals surface area contributed by atoms with Crippen LogP contribution in [0.2, 0.25) is 0 Å². The quantitative estimate of drug-likeness (QED) is 0.723. The molecule has 6 heteroatoms. The van der Waals surface area contributed by atoms with Crippen molar-refractivity contribution < 1.29 is 9.21 Å². The second-order valence-electron chi connectivity index (χ2n) is 7.33. The monoisotopic (exact) mass is 370 g/mol. The molecular weight excluding hydrogens is 340 g/mol. The molecule has 27 heavy (non-hydrogen) atoms. The predicted molar refractivity (Wildman–Crippen MR) is 107 cm³/mol. The van der Waals surface area contributed by atoms with E-state index in [-0.39, 0.29) is 5.91 Å². The van der Waals surface area contributed by atoms with Crippen LogP contribution < -0.4 is 5.32 Å². The highest BCUT2D eigenvalue weighted by Gasteiger charge is 2.13.